The van der Waals surface area contributed by atoms with E-state index in [1.54, 1.807) is 7.11 Å². The summed E-state index contributed by atoms with van der Waals surface area (Å²) in [6.07, 6.45) is -20.6. The average molecular weight is 1070 g/mol. The van der Waals surface area contributed by atoms with Crippen LogP contribution in [0.4, 0.5) is 0 Å². The third kappa shape index (κ3) is 10.3. The summed E-state index contributed by atoms with van der Waals surface area (Å²) in [5, 5.41) is 136. The first-order valence-electron chi connectivity index (χ1n) is 27.2. The summed E-state index contributed by atoms with van der Waals surface area (Å²) in [4.78, 5) is 0. The minimum absolute atomic E-state index is 0.00307. The lowest BCUT2D eigenvalue weighted by molar-refractivity contribution is -0.388. The highest BCUT2D eigenvalue weighted by Gasteiger charge is 2.69. The van der Waals surface area contributed by atoms with Crippen LogP contribution in [0.3, 0.4) is 0 Å². The number of aliphatic hydroxyl groups excluding tert-OH is 13. The van der Waals surface area contributed by atoms with Gasteiger partial charge in [-0.15, -0.1) is 0 Å². The summed E-state index contributed by atoms with van der Waals surface area (Å²) in [7, 11) is 1.72. The smallest absolute Gasteiger partial charge is 0.187 e. The molecule has 1 unspecified atom stereocenters. The SMILES string of the molecule is CO[C@]1(CC[C@H](C)CO[C@@H]2O[C@H](CO)[C@@H](O)[C@H](O)[C@H]2O)O[C@H]2C[C@H]3[C@@H]4CCC5C[C@@H](O[C@@H]6O[C@H](CO)[C@@H](O[C@@H]7OC[C@@H](O)[C@H](O)[C@H]7O)[C@H](O)[C@H]6O[C@@H]6O[C@H](CO)[C@@H](O)[C@H](O)[C@H]6O)CC[C@]5(C)[C@H]4CC[C@]3(C)[C@H]2[C@@H]1C. The first kappa shape index (κ1) is 57.8. The number of rotatable bonds is 16. The molecule has 5 heterocycles. The molecule has 0 spiro atoms. The summed E-state index contributed by atoms with van der Waals surface area (Å²) in [6.45, 7) is 7.03. The first-order valence-corrected chi connectivity index (χ1v) is 27.2. The van der Waals surface area contributed by atoms with Crippen molar-refractivity contribution in [3.63, 3.8) is 0 Å². The molecule has 0 radical (unpaired) electrons. The Kier molecular flexibility index (Phi) is 17.9. The molecule has 9 aliphatic rings. The van der Waals surface area contributed by atoms with E-state index in [0.29, 0.717) is 49.4 Å². The van der Waals surface area contributed by atoms with Crippen molar-refractivity contribution in [3.05, 3.63) is 0 Å². The molecule has 0 aromatic carbocycles. The van der Waals surface area contributed by atoms with Crippen molar-refractivity contribution < 1.29 is 114 Å². The Morgan fingerprint density at radius 2 is 1.20 bits per heavy atom. The van der Waals surface area contributed by atoms with Crippen LogP contribution in [0, 0.1) is 52.3 Å². The maximum absolute atomic E-state index is 12.0. The van der Waals surface area contributed by atoms with Crippen LogP contribution < -0.4 is 0 Å². The van der Waals surface area contributed by atoms with Crippen LogP contribution in [0.5, 0.6) is 0 Å². The summed E-state index contributed by atoms with van der Waals surface area (Å²) < 4.78 is 61.0. The van der Waals surface area contributed by atoms with Gasteiger partial charge in [0, 0.05) is 19.4 Å². The van der Waals surface area contributed by atoms with Gasteiger partial charge in [-0.2, -0.15) is 0 Å². The van der Waals surface area contributed by atoms with Gasteiger partial charge in [0.1, 0.15) is 91.6 Å². The predicted molar refractivity (Wildman–Crippen MR) is 250 cm³/mol. The van der Waals surface area contributed by atoms with Crippen LogP contribution in [-0.2, 0) is 47.4 Å². The fourth-order valence-corrected chi connectivity index (χ4v) is 15.7. The Labute approximate surface area is 431 Å². The third-order valence-corrected chi connectivity index (χ3v) is 20.0. The van der Waals surface area contributed by atoms with E-state index in [-0.39, 0.29) is 41.3 Å². The number of hydrogen-bond acceptors (Lipinski definition) is 23. The molecule has 0 amide bonds. The van der Waals surface area contributed by atoms with E-state index >= 15 is 0 Å². The second-order valence-electron chi connectivity index (χ2n) is 24.0. The number of aliphatic hydroxyl groups is 13. The van der Waals surface area contributed by atoms with Gasteiger partial charge in [0.2, 0.25) is 0 Å². The van der Waals surface area contributed by atoms with Crippen LogP contribution in [0.25, 0.3) is 0 Å². The van der Waals surface area contributed by atoms with Crippen molar-refractivity contribution in [1.82, 2.24) is 0 Å². The monoisotopic (exact) mass is 1070 g/mol. The van der Waals surface area contributed by atoms with Crippen LogP contribution in [0.2, 0.25) is 0 Å². The zero-order valence-electron chi connectivity index (χ0n) is 43.2. The number of methoxy groups -OCH3 is 1. The van der Waals surface area contributed by atoms with E-state index in [0.717, 1.165) is 38.5 Å². The van der Waals surface area contributed by atoms with Crippen molar-refractivity contribution in [2.24, 2.45) is 52.3 Å². The standard InChI is InChI=1S/C51H86O23/c1-21(19-66-45-40(62)37(59)35(57)30(16-52)69-45)8-13-51(65-5)22(2)33-29(74-51)15-27-25-7-6-23-14-24(9-11-49(23,3)26(25)10-12-50(27,33)4)68-48-44(73-47-41(63)38(60)36(58)31(17-53)70-47)42(64)43(32(18-54)71-48)72-46-39(61)34(56)28(55)20-67-46/h21-48,52-64H,6-20H2,1-5H3/t21-,22-,23?,24-,25+,26-,27-,28+,29-,30+,31+,32+,33-,34-,35+,36+,37-,38-,39+,40+,41+,42-,43+,44+,45+,46-,47-,48+,49-,50-,51+/m0/s1. The fourth-order valence-electron chi connectivity index (χ4n) is 15.7. The van der Waals surface area contributed by atoms with Crippen LogP contribution in [0.1, 0.15) is 91.9 Å². The van der Waals surface area contributed by atoms with Gasteiger partial charge in [-0.1, -0.05) is 27.7 Å². The molecule has 4 saturated carbocycles. The van der Waals surface area contributed by atoms with Gasteiger partial charge in [0.25, 0.3) is 0 Å². The lowest BCUT2D eigenvalue weighted by atomic mass is 9.44. The zero-order valence-corrected chi connectivity index (χ0v) is 43.2. The molecule has 0 bridgehead atoms. The van der Waals surface area contributed by atoms with Crippen LogP contribution in [0.15, 0.2) is 0 Å². The second-order valence-corrected chi connectivity index (χ2v) is 24.0. The molecule has 0 aromatic heterocycles. The van der Waals surface area contributed by atoms with E-state index in [4.69, 9.17) is 47.4 Å². The van der Waals surface area contributed by atoms with Crippen molar-refractivity contribution in [3.8, 4) is 0 Å². The molecule has 4 aliphatic carbocycles. The molecule has 31 atom stereocenters. The molecule has 74 heavy (non-hydrogen) atoms. The first-order chi connectivity index (χ1) is 35.1. The Morgan fingerprint density at radius 3 is 1.86 bits per heavy atom. The molecule has 9 rings (SSSR count). The molecule has 9 fully saturated rings. The Hall–Kier alpha value is -0.920. The van der Waals surface area contributed by atoms with Crippen molar-refractivity contribution in [1.29, 1.82) is 0 Å². The maximum atomic E-state index is 12.0. The van der Waals surface area contributed by atoms with E-state index in [2.05, 4.69) is 20.8 Å². The van der Waals surface area contributed by atoms with Gasteiger partial charge in [-0.25, -0.2) is 0 Å². The lowest BCUT2D eigenvalue weighted by Gasteiger charge is -2.61. The van der Waals surface area contributed by atoms with Crippen molar-refractivity contribution >= 4 is 0 Å². The lowest BCUT2D eigenvalue weighted by Crippen LogP contribution is -2.66. The molecule has 5 saturated heterocycles. The van der Waals surface area contributed by atoms with E-state index < -0.39 is 155 Å². The molecule has 0 aromatic rings. The largest absolute Gasteiger partial charge is 0.394 e. The van der Waals surface area contributed by atoms with E-state index in [1.807, 2.05) is 6.92 Å². The van der Waals surface area contributed by atoms with Gasteiger partial charge >= 0.3 is 0 Å². The average Bonchev–Trinajstić information content (AvgIpc) is 3.86. The Morgan fingerprint density at radius 1 is 0.595 bits per heavy atom. The molecular weight excluding hydrogens is 981 g/mol. The molecule has 23 heteroatoms. The second kappa shape index (κ2) is 22.9. The zero-order chi connectivity index (χ0) is 53.3. The Balaban J connectivity index is 0.839. The van der Waals surface area contributed by atoms with Crippen molar-refractivity contribution in [2.45, 2.75) is 227 Å². The van der Waals surface area contributed by atoms with Gasteiger partial charge < -0.3 is 114 Å². The quantitative estimate of drug-likeness (QED) is 0.0702. The van der Waals surface area contributed by atoms with Crippen LogP contribution >= 0.6 is 0 Å². The molecule has 5 aliphatic heterocycles. The topological polar surface area (TPSA) is 355 Å². The molecular formula is C51H86O23. The van der Waals surface area contributed by atoms with Gasteiger partial charge in [0.15, 0.2) is 30.9 Å². The highest BCUT2D eigenvalue weighted by molar-refractivity contribution is 5.15. The summed E-state index contributed by atoms with van der Waals surface area (Å²) in [5.74, 6) is 1.32. The minimum Gasteiger partial charge on any atom is -0.394 e. The van der Waals surface area contributed by atoms with Gasteiger partial charge in [-0.3, -0.25) is 0 Å². The number of fused-ring (bicyclic) bond motifs is 7. The number of hydrogen-bond donors (Lipinski definition) is 13. The normalized spacial score (nSPS) is 55.0. The fraction of sp³-hybridized carbons (Fsp3) is 1.00. The summed E-state index contributed by atoms with van der Waals surface area (Å²) in [5.41, 5.74) is 0.0398. The van der Waals surface area contributed by atoms with Gasteiger partial charge in [0.05, 0.1) is 45.2 Å². The van der Waals surface area contributed by atoms with E-state index in [9.17, 15) is 66.4 Å². The summed E-state index contributed by atoms with van der Waals surface area (Å²) in [6, 6.07) is 0. The van der Waals surface area contributed by atoms with Gasteiger partial charge in [-0.05, 0) is 104 Å². The van der Waals surface area contributed by atoms with Crippen molar-refractivity contribution in [2.75, 3.05) is 40.1 Å². The minimum atomic E-state index is -1.84. The van der Waals surface area contributed by atoms with E-state index in [1.165, 1.54) is 0 Å². The highest BCUT2D eigenvalue weighted by Crippen LogP contribution is 2.71. The summed E-state index contributed by atoms with van der Waals surface area (Å²) >= 11 is 0. The predicted octanol–water partition coefficient (Wildman–Crippen LogP) is -2.66. The third-order valence-electron chi connectivity index (χ3n) is 20.0. The highest BCUT2D eigenvalue weighted by atomic mass is 16.8. The Bertz CT molecular complexity index is 1840. The van der Waals surface area contributed by atoms with Crippen LogP contribution in [-0.4, -0.2) is 241 Å². The molecule has 13 N–H and O–H groups in total. The molecule has 428 valence electrons. The maximum Gasteiger partial charge on any atom is 0.187 e. The molecule has 23 nitrogen and oxygen atoms in total. The number of ether oxygens (including phenoxy) is 10.